The average molecular weight is 299 g/mol. The Kier molecular flexibility index (Phi) is 4.01. The quantitative estimate of drug-likeness (QED) is 0.887. The molecule has 2 rings (SSSR count). The van der Waals surface area contributed by atoms with Gasteiger partial charge in [-0.2, -0.15) is 0 Å². The molecule has 1 aromatic carbocycles. The number of carboxylic acid groups (broad SMARTS) is 1. The molecule has 6 nitrogen and oxygen atoms in total. The van der Waals surface area contributed by atoms with E-state index in [4.69, 9.17) is 4.74 Å². The van der Waals surface area contributed by atoms with Crippen LogP contribution in [0.4, 0.5) is 0 Å². The van der Waals surface area contributed by atoms with Gasteiger partial charge in [-0.15, -0.1) is 0 Å². The van der Waals surface area contributed by atoms with Gasteiger partial charge in [0.1, 0.15) is 5.75 Å². The number of hydrogen-bond donors (Lipinski definition) is 1. The van der Waals surface area contributed by atoms with E-state index in [0.717, 1.165) is 11.8 Å². The number of sulfonamides is 1. The number of nitrogens with zero attached hydrogens (tertiary/aromatic N) is 1. The van der Waals surface area contributed by atoms with Gasteiger partial charge in [-0.25, -0.2) is 12.7 Å². The van der Waals surface area contributed by atoms with Gasteiger partial charge in [0.15, 0.2) is 0 Å². The summed E-state index contributed by atoms with van der Waals surface area (Å²) >= 11 is 0. The first kappa shape index (κ1) is 14.8. The molecule has 2 atom stereocenters. The Morgan fingerprint density at radius 2 is 2.00 bits per heavy atom. The molecule has 20 heavy (non-hydrogen) atoms. The Labute approximate surface area is 118 Å². The van der Waals surface area contributed by atoms with Crippen molar-refractivity contribution in [3.8, 4) is 5.75 Å². The molecule has 0 unspecified atom stereocenters. The molecule has 0 saturated carbocycles. The van der Waals surface area contributed by atoms with Crippen molar-refractivity contribution in [1.82, 2.24) is 4.31 Å². The van der Waals surface area contributed by atoms with E-state index in [-0.39, 0.29) is 13.1 Å². The topological polar surface area (TPSA) is 83.9 Å². The van der Waals surface area contributed by atoms with Crippen LogP contribution in [0.15, 0.2) is 24.3 Å². The van der Waals surface area contributed by atoms with E-state index in [1.165, 1.54) is 11.4 Å². The molecule has 0 aromatic heterocycles. The van der Waals surface area contributed by atoms with Crippen LogP contribution in [0.3, 0.4) is 0 Å². The minimum atomic E-state index is -3.40. The third-order valence-corrected chi connectivity index (χ3v) is 4.85. The SMILES string of the molecule is COc1ccccc1[C@@H]1CN(S(C)(=O)=O)C[C@H]1C(=O)O. The number of carboxylic acids is 1. The maximum absolute atomic E-state index is 11.6. The van der Waals surface area contributed by atoms with E-state index >= 15 is 0 Å². The lowest BCUT2D eigenvalue weighted by atomic mass is 9.88. The molecule has 1 aliphatic rings. The number of carbonyl (C=O) groups is 1. The summed E-state index contributed by atoms with van der Waals surface area (Å²) in [6, 6.07) is 7.11. The van der Waals surface area contributed by atoms with Crippen molar-refractivity contribution in [2.75, 3.05) is 26.5 Å². The van der Waals surface area contributed by atoms with E-state index in [9.17, 15) is 18.3 Å². The summed E-state index contributed by atoms with van der Waals surface area (Å²) in [5.41, 5.74) is 0.730. The number of hydrogen-bond acceptors (Lipinski definition) is 4. The summed E-state index contributed by atoms with van der Waals surface area (Å²) in [4.78, 5) is 11.4. The van der Waals surface area contributed by atoms with Crippen molar-refractivity contribution in [1.29, 1.82) is 0 Å². The van der Waals surface area contributed by atoms with Gasteiger partial charge in [-0.3, -0.25) is 4.79 Å². The van der Waals surface area contributed by atoms with E-state index < -0.39 is 27.8 Å². The second-order valence-corrected chi connectivity index (χ2v) is 6.86. The molecule has 1 saturated heterocycles. The van der Waals surface area contributed by atoms with Gasteiger partial charge >= 0.3 is 5.97 Å². The zero-order valence-corrected chi connectivity index (χ0v) is 12.1. The Hall–Kier alpha value is -1.60. The molecule has 110 valence electrons. The number of ether oxygens (including phenoxy) is 1. The van der Waals surface area contributed by atoms with E-state index in [2.05, 4.69) is 0 Å². The zero-order chi connectivity index (χ0) is 14.9. The van der Waals surface area contributed by atoms with E-state index in [1.807, 2.05) is 0 Å². The summed E-state index contributed by atoms with van der Waals surface area (Å²) in [7, 11) is -1.89. The number of rotatable bonds is 4. The lowest BCUT2D eigenvalue weighted by molar-refractivity contribution is -0.141. The molecule has 1 heterocycles. The molecule has 0 radical (unpaired) electrons. The number of aliphatic carboxylic acids is 1. The molecule has 1 aromatic rings. The van der Waals surface area contributed by atoms with Crippen LogP contribution in [0.2, 0.25) is 0 Å². The van der Waals surface area contributed by atoms with Gasteiger partial charge in [0.2, 0.25) is 10.0 Å². The molecule has 1 aliphatic heterocycles. The third kappa shape index (κ3) is 2.78. The standard InChI is InChI=1S/C13H17NO5S/c1-19-12-6-4-3-5-9(12)10-7-14(20(2,17)18)8-11(10)13(15)16/h3-6,10-11H,7-8H2,1-2H3,(H,15,16)/t10-,11+/m0/s1. The molecule has 1 N–H and O–H groups in total. The Bertz CT molecular complexity index is 613. The molecule has 0 aliphatic carbocycles. The zero-order valence-electron chi connectivity index (χ0n) is 11.3. The van der Waals surface area contributed by atoms with Crippen LogP contribution in [0.5, 0.6) is 5.75 Å². The fourth-order valence-electron chi connectivity index (χ4n) is 2.58. The van der Waals surface area contributed by atoms with Crippen molar-refractivity contribution in [2.45, 2.75) is 5.92 Å². The van der Waals surface area contributed by atoms with Gasteiger partial charge in [-0.1, -0.05) is 18.2 Å². The smallest absolute Gasteiger partial charge is 0.308 e. The minimum Gasteiger partial charge on any atom is -0.496 e. The number of methoxy groups -OCH3 is 1. The molecule has 0 spiro atoms. The third-order valence-electron chi connectivity index (χ3n) is 3.61. The average Bonchev–Trinajstić information content (AvgIpc) is 2.83. The Balaban J connectivity index is 2.40. The van der Waals surface area contributed by atoms with Crippen molar-refractivity contribution in [3.63, 3.8) is 0 Å². The van der Waals surface area contributed by atoms with Crippen LogP contribution >= 0.6 is 0 Å². The summed E-state index contributed by atoms with van der Waals surface area (Å²) in [6.07, 6.45) is 1.09. The van der Waals surface area contributed by atoms with Gasteiger partial charge in [0, 0.05) is 19.0 Å². The number of benzene rings is 1. The van der Waals surface area contributed by atoms with Gasteiger partial charge in [0.25, 0.3) is 0 Å². The second-order valence-electron chi connectivity index (χ2n) is 4.87. The summed E-state index contributed by atoms with van der Waals surface area (Å²) in [6.45, 7) is 0.160. The normalized spacial score (nSPS) is 23.7. The highest BCUT2D eigenvalue weighted by molar-refractivity contribution is 7.88. The van der Waals surface area contributed by atoms with Gasteiger partial charge in [0.05, 0.1) is 19.3 Å². The van der Waals surface area contributed by atoms with Crippen molar-refractivity contribution in [2.24, 2.45) is 5.92 Å². The first-order chi connectivity index (χ1) is 9.34. The van der Waals surface area contributed by atoms with E-state index in [1.54, 1.807) is 24.3 Å². The van der Waals surface area contributed by atoms with Crippen LogP contribution in [-0.2, 0) is 14.8 Å². The minimum absolute atomic E-state index is 0.00309. The van der Waals surface area contributed by atoms with Crippen LogP contribution in [-0.4, -0.2) is 50.3 Å². The summed E-state index contributed by atoms with van der Waals surface area (Å²) in [5, 5.41) is 9.33. The lowest BCUT2D eigenvalue weighted by Gasteiger charge is -2.18. The molecule has 0 amide bonds. The first-order valence-corrected chi connectivity index (χ1v) is 8.00. The van der Waals surface area contributed by atoms with Crippen molar-refractivity contribution in [3.05, 3.63) is 29.8 Å². The lowest BCUT2D eigenvalue weighted by Crippen LogP contribution is -2.28. The van der Waals surface area contributed by atoms with Gasteiger partial charge < -0.3 is 9.84 Å². The Morgan fingerprint density at radius 3 is 2.55 bits per heavy atom. The fraction of sp³-hybridized carbons (Fsp3) is 0.462. The van der Waals surface area contributed by atoms with Crippen molar-refractivity contribution < 1.29 is 23.1 Å². The second kappa shape index (κ2) is 5.41. The predicted molar refractivity (Wildman–Crippen MR) is 73.3 cm³/mol. The number of para-hydroxylation sites is 1. The largest absolute Gasteiger partial charge is 0.496 e. The molecule has 7 heteroatoms. The predicted octanol–water partition coefficient (Wildman–Crippen LogP) is 0.755. The maximum Gasteiger partial charge on any atom is 0.308 e. The monoisotopic (exact) mass is 299 g/mol. The molecule has 0 bridgehead atoms. The summed E-state index contributed by atoms with van der Waals surface area (Å²) < 4.78 is 29.7. The maximum atomic E-state index is 11.6. The Morgan fingerprint density at radius 1 is 1.35 bits per heavy atom. The van der Waals surface area contributed by atoms with Crippen LogP contribution in [0, 0.1) is 5.92 Å². The molecule has 1 fully saturated rings. The first-order valence-electron chi connectivity index (χ1n) is 6.15. The molecular weight excluding hydrogens is 282 g/mol. The van der Waals surface area contributed by atoms with Gasteiger partial charge in [-0.05, 0) is 11.6 Å². The molecular formula is C13H17NO5S. The summed E-state index contributed by atoms with van der Waals surface area (Å²) in [5.74, 6) is -1.58. The highest BCUT2D eigenvalue weighted by atomic mass is 32.2. The highest BCUT2D eigenvalue weighted by Crippen LogP contribution is 2.38. The van der Waals surface area contributed by atoms with E-state index in [0.29, 0.717) is 5.75 Å². The van der Waals surface area contributed by atoms with Crippen molar-refractivity contribution >= 4 is 16.0 Å². The van der Waals surface area contributed by atoms with Crippen LogP contribution in [0.1, 0.15) is 11.5 Å². The fourth-order valence-corrected chi connectivity index (χ4v) is 3.44. The van der Waals surface area contributed by atoms with Crippen LogP contribution < -0.4 is 4.74 Å². The van der Waals surface area contributed by atoms with Crippen LogP contribution in [0.25, 0.3) is 0 Å². The highest BCUT2D eigenvalue weighted by Gasteiger charge is 2.42.